The van der Waals surface area contributed by atoms with Gasteiger partial charge in [-0.1, -0.05) is 12.1 Å². The van der Waals surface area contributed by atoms with Crippen molar-refractivity contribution in [2.24, 2.45) is 0 Å². The zero-order chi connectivity index (χ0) is 20.5. The molecule has 1 N–H and O–H groups in total. The summed E-state index contributed by atoms with van der Waals surface area (Å²) in [6, 6.07) is 4.51. The summed E-state index contributed by atoms with van der Waals surface area (Å²) in [5.41, 5.74) is -0.738. The number of carbonyl (C=O) groups excluding carboxylic acids is 3. The third-order valence-corrected chi connectivity index (χ3v) is 4.96. The Hall–Kier alpha value is -2.88. The molecule has 28 heavy (non-hydrogen) atoms. The Balaban J connectivity index is 1.78. The molecule has 0 saturated heterocycles. The number of thioether (sulfide) groups is 1. The van der Waals surface area contributed by atoms with Crippen LogP contribution in [0.15, 0.2) is 35.2 Å². The summed E-state index contributed by atoms with van der Waals surface area (Å²) in [7, 11) is 0. The molecule has 0 amide bonds. The number of carbonyl (C=O) groups is 3. The number of ether oxygens (including phenoxy) is 1. The highest BCUT2D eigenvalue weighted by Gasteiger charge is 2.34. The van der Waals surface area contributed by atoms with Crippen LogP contribution in [0.5, 0.6) is 0 Å². The van der Waals surface area contributed by atoms with Crippen molar-refractivity contribution in [3.05, 3.63) is 63.3 Å². The first-order chi connectivity index (χ1) is 13.2. The molecule has 0 spiro atoms. The molecule has 6 nitrogen and oxygen atoms in total. The lowest BCUT2D eigenvalue weighted by Crippen LogP contribution is -2.18. The van der Waals surface area contributed by atoms with Crippen LogP contribution in [0.2, 0.25) is 0 Å². The van der Waals surface area contributed by atoms with E-state index in [1.807, 2.05) is 0 Å². The molecule has 1 aliphatic rings. The normalized spacial score (nSPS) is 13.9. The van der Waals surface area contributed by atoms with Crippen LogP contribution in [0, 0.1) is 0 Å². The lowest BCUT2D eigenvalue weighted by Gasteiger charge is -2.12. The maximum absolute atomic E-state index is 12.7. The molecular formula is C18H13F3N2O4S. The third-order valence-electron chi connectivity index (χ3n) is 3.87. The molecule has 3 rings (SSSR count). The number of aromatic nitrogens is 2. The summed E-state index contributed by atoms with van der Waals surface area (Å²) in [6.07, 6.45) is -3.32. The van der Waals surface area contributed by atoms with Gasteiger partial charge in [-0.3, -0.25) is 14.7 Å². The fourth-order valence-corrected chi connectivity index (χ4v) is 3.46. The molecule has 0 saturated carbocycles. The molecule has 0 radical (unpaired) electrons. The van der Waals surface area contributed by atoms with Gasteiger partial charge in [-0.25, -0.2) is 4.79 Å². The number of hydrogen-bond acceptors (Lipinski definition) is 6. The van der Waals surface area contributed by atoms with E-state index >= 15 is 0 Å². The number of nitrogens with zero attached hydrogens (tertiary/aromatic N) is 1. The summed E-state index contributed by atoms with van der Waals surface area (Å²) in [4.78, 5) is 36.9. The van der Waals surface area contributed by atoms with Crippen molar-refractivity contribution >= 4 is 29.3 Å². The van der Waals surface area contributed by atoms with Crippen LogP contribution in [-0.4, -0.2) is 34.3 Å². The molecule has 0 unspecified atom stereocenters. The van der Waals surface area contributed by atoms with Crippen LogP contribution in [0.3, 0.4) is 0 Å². The lowest BCUT2D eigenvalue weighted by molar-refractivity contribution is -0.137. The Kier molecular flexibility index (Phi) is 5.41. The monoisotopic (exact) mass is 410 g/mol. The molecule has 1 heterocycles. The second-order valence-corrected chi connectivity index (χ2v) is 6.75. The van der Waals surface area contributed by atoms with Crippen molar-refractivity contribution in [1.82, 2.24) is 10.2 Å². The Bertz CT molecular complexity index is 978. The van der Waals surface area contributed by atoms with Gasteiger partial charge in [0.25, 0.3) is 0 Å². The van der Waals surface area contributed by atoms with Crippen LogP contribution in [-0.2, 0) is 16.7 Å². The number of esters is 1. The molecule has 0 aliphatic heterocycles. The van der Waals surface area contributed by atoms with Crippen LogP contribution < -0.4 is 0 Å². The minimum absolute atomic E-state index is 0.0735. The number of hydrogen-bond donors (Lipinski definition) is 1. The summed E-state index contributed by atoms with van der Waals surface area (Å²) in [5.74, 6) is -1.74. The first-order valence-corrected chi connectivity index (χ1v) is 9.06. The van der Waals surface area contributed by atoms with E-state index in [4.69, 9.17) is 4.74 Å². The smallest absolute Gasteiger partial charge is 0.416 e. The van der Waals surface area contributed by atoms with E-state index in [2.05, 4.69) is 10.2 Å². The van der Waals surface area contributed by atoms with Gasteiger partial charge >= 0.3 is 12.1 Å². The maximum atomic E-state index is 12.7. The van der Waals surface area contributed by atoms with Gasteiger partial charge < -0.3 is 4.74 Å². The molecule has 10 heteroatoms. The largest absolute Gasteiger partial charge is 0.461 e. The number of ketones is 2. The van der Waals surface area contributed by atoms with E-state index in [1.54, 1.807) is 6.92 Å². The number of Topliss-reactive ketones (excluding diaryl/α,β-unsaturated/α-hetero) is 1. The molecule has 1 aromatic carbocycles. The van der Waals surface area contributed by atoms with Crippen molar-refractivity contribution < 1.29 is 32.3 Å². The summed E-state index contributed by atoms with van der Waals surface area (Å²) in [5, 5.41) is 6.08. The Morgan fingerprint density at radius 1 is 1.21 bits per heavy atom. The average molecular weight is 410 g/mol. The Labute approximate surface area is 161 Å². The highest BCUT2D eigenvalue weighted by molar-refractivity contribution is 8.03. The number of benzene rings is 1. The van der Waals surface area contributed by atoms with Crippen molar-refractivity contribution in [2.45, 2.75) is 18.9 Å². The van der Waals surface area contributed by atoms with E-state index < -0.39 is 29.3 Å². The SMILES string of the molecule is CCOC(=O)c1[nH]nc2c1C(=O)C(SCc1ccc(C(F)(F)F)cc1)=CC2=O. The average Bonchev–Trinajstić information content (AvgIpc) is 3.09. The van der Waals surface area contributed by atoms with Crippen molar-refractivity contribution in [3.8, 4) is 0 Å². The van der Waals surface area contributed by atoms with Gasteiger partial charge in [0.05, 0.1) is 22.6 Å². The number of alkyl halides is 3. The van der Waals surface area contributed by atoms with Gasteiger partial charge in [-0.15, -0.1) is 11.8 Å². The van der Waals surface area contributed by atoms with Crippen molar-refractivity contribution in [3.63, 3.8) is 0 Å². The lowest BCUT2D eigenvalue weighted by atomic mass is 9.99. The Morgan fingerprint density at radius 2 is 1.89 bits per heavy atom. The van der Waals surface area contributed by atoms with Crippen LogP contribution in [0.25, 0.3) is 0 Å². The van der Waals surface area contributed by atoms with Gasteiger partial charge in [0.1, 0.15) is 5.69 Å². The molecular weight excluding hydrogens is 397 g/mol. The minimum atomic E-state index is -4.43. The quantitative estimate of drug-likeness (QED) is 0.755. The summed E-state index contributed by atoms with van der Waals surface area (Å²) >= 11 is 0.992. The zero-order valence-corrected chi connectivity index (χ0v) is 15.2. The molecule has 2 aromatic rings. The molecule has 1 aliphatic carbocycles. The second-order valence-electron chi connectivity index (χ2n) is 5.73. The number of rotatable bonds is 5. The highest BCUT2D eigenvalue weighted by atomic mass is 32.2. The molecule has 0 fully saturated rings. The predicted octanol–water partition coefficient (Wildman–Crippen LogP) is 3.80. The fourth-order valence-electron chi connectivity index (χ4n) is 2.53. The van der Waals surface area contributed by atoms with E-state index in [1.165, 1.54) is 12.1 Å². The van der Waals surface area contributed by atoms with Crippen molar-refractivity contribution in [1.29, 1.82) is 0 Å². The van der Waals surface area contributed by atoms with Crippen molar-refractivity contribution in [2.75, 3.05) is 6.61 Å². The third kappa shape index (κ3) is 3.86. The fraction of sp³-hybridized carbons (Fsp3) is 0.222. The highest BCUT2D eigenvalue weighted by Crippen LogP contribution is 2.33. The first-order valence-electron chi connectivity index (χ1n) is 8.07. The van der Waals surface area contributed by atoms with Gasteiger partial charge in [-0.2, -0.15) is 18.3 Å². The molecule has 146 valence electrons. The van der Waals surface area contributed by atoms with Gasteiger partial charge in [-0.05, 0) is 24.6 Å². The van der Waals surface area contributed by atoms with Gasteiger partial charge in [0.15, 0.2) is 5.69 Å². The van der Waals surface area contributed by atoms with Gasteiger partial charge in [0.2, 0.25) is 11.6 Å². The standard InChI is InChI=1S/C18H13F3N2O4S/c1-2-27-17(26)15-13-14(22-23-15)11(24)7-12(16(13)25)28-8-9-3-5-10(6-4-9)18(19,20)21/h3-7H,2,8H2,1H3,(H,22,23). The van der Waals surface area contributed by atoms with E-state index in [-0.39, 0.29) is 34.2 Å². The number of aromatic amines is 1. The first kappa shape index (κ1) is 19.9. The van der Waals surface area contributed by atoms with Gasteiger partial charge in [0, 0.05) is 11.8 Å². The number of fused-ring (bicyclic) bond motifs is 1. The number of H-pyrrole nitrogens is 1. The topological polar surface area (TPSA) is 89.1 Å². The zero-order valence-electron chi connectivity index (χ0n) is 14.4. The van der Waals surface area contributed by atoms with Crippen LogP contribution in [0.4, 0.5) is 13.2 Å². The molecule has 0 atom stereocenters. The minimum Gasteiger partial charge on any atom is -0.461 e. The maximum Gasteiger partial charge on any atom is 0.416 e. The molecule has 1 aromatic heterocycles. The number of halogens is 3. The summed E-state index contributed by atoms with van der Waals surface area (Å²) < 4.78 is 42.7. The Morgan fingerprint density at radius 3 is 2.50 bits per heavy atom. The second kappa shape index (κ2) is 7.63. The predicted molar refractivity (Wildman–Crippen MR) is 94.0 cm³/mol. The van der Waals surface area contributed by atoms with E-state index in [0.717, 1.165) is 30.0 Å². The number of nitrogens with one attached hydrogen (secondary N) is 1. The molecule has 0 bridgehead atoms. The van der Waals surface area contributed by atoms with E-state index in [9.17, 15) is 27.6 Å². The summed E-state index contributed by atoms with van der Waals surface area (Å²) in [6.45, 7) is 1.68. The van der Waals surface area contributed by atoms with Crippen LogP contribution >= 0.6 is 11.8 Å². The number of allylic oxidation sites excluding steroid dienone is 2. The van der Waals surface area contributed by atoms with E-state index in [0.29, 0.717) is 5.56 Å². The van der Waals surface area contributed by atoms with Crippen LogP contribution in [0.1, 0.15) is 49.4 Å².